The molecule has 1 aromatic heterocycles. The Bertz CT molecular complexity index is 1150. The van der Waals surface area contributed by atoms with Crippen LogP contribution in [0.5, 0.6) is 11.5 Å². The molecule has 0 fully saturated rings. The first-order valence-electron chi connectivity index (χ1n) is 9.90. The molecule has 0 radical (unpaired) electrons. The van der Waals surface area contributed by atoms with Crippen LogP contribution in [-0.2, 0) is 21.2 Å². The van der Waals surface area contributed by atoms with Gasteiger partial charge in [-0.05, 0) is 61.9 Å². The number of sulfonamides is 1. The quantitative estimate of drug-likeness (QED) is 0.478. The molecule has 1 N–H and O–H groups in total. The van der Waals surface area contributed by atoms with Crippen LogP contribution >= 0.6 is 11.3 Å². The fourth-order valence-corrected chi connectivity index (χ4v) is 4.57. The zero-order chi connectivity index (χ0) is 23.1. The number of aromatic nitrogens is 2. The van der Waals surface area contributed by atoms with E-state index in [1.165, 1.54) is 34.8 Å². The Labute approximate surface area is 191 Å². The minimum Gasteiger partial charge on any atom is -0.494 e. The van der Waals surface area contributed by atoms with Crippen molar-refractivity contribution < 1.29 is 22.7 Å². The van der Waals surface area contributed by atoms with E-state index < -0.39 is 10.0 Å². The van der Waals surface area contributed by atoms with E-state index in [4.69, 9.17) is 9.47 Å². The number of nitrogens with one attached hydrogen (secondary N) is 1. The van der Waals surface area contributed by atoms with Gasteiger partial charge in [-0.2, -0.15) is 0 Å². The number of carbonyl (C=O) groups is 1. The summed E-state index contributed by atoms with van der Waals surface area (Å²) in [4.78, 5) is 12.2. The number of carbonyl (C=O) groups excluding carboxylic acids is 1. The summed E-state index contributed by atoms with van der Waals surface area (Å²) in [7, 11) is -2.26. The molecule has 3 rings (SSSR count). The van der Waals surface area contributed by atoms with Crippen LogP contribution in [0.1, 0.15) is 18.9 Å². The topological polar surface area (TPSA) is 111 Å². The molecule has 170 valence electrons. The van der Waals surface area contributed by atoms with E-state index in [1.54, 1.807) is 36.4 Å². The Morgan fingerprint density at radius 2 is 1.62 bits per heavy atom. The second-order valence-corrected chi connectivity index (χ2v) is 9.59. The highest BCUT2D eigenvalue weighted by molar-refractivity contribution is 7.92. The summed E-state index contributed by atoms with van der Waals surface area (Å²) in [6.45, 7) is 4.11. The van der Waals surface area contributed by atoms with Crippen LogP contribution in [0.2, 0.25) is 0 Å². The lowest BCUT2D eigenvalue weighted by Gasteiger charge is -2.20. The van der Waals surface area contributed by atoms with Crippen molar-refractivity contribution in [3.05, 3.63) is 53.5 Å². The third-order valence-corrected chi connectivity index (χ3v) is 7.16. The molecule has 0 saturated carbocycles. The van der Waals surface area contributed by atoms with Gasteiger partial charge in [-0.3, -0.25) is 14.4 Å². The van der Waals surface area contributed by atoms with Crippen molar-refractivity contribution in [3.8, 4) is 11.5 Å². The van der Waals surface area contributed by atoms with Gasteiger partial charge in [-0.1, -0.05) is 18.3 Å². The van der Waals surface area contributed by atoms with Crippen LogP contribution < -0.4 is 19.1 Å². The smallest absolute Gasteiger partial charge is 0.264 e. The molecule has 0 atom stereocenters. The molecule has 2 aromatic carbocycles. The Balaban J connectivity index is 1.59. The molecule has 0 aliphatic carbocycles. The number of amides is 1. The highest BCUT2D eigenvalue weighted by atomic mass is 32.2. The lowest BCUT2D eigenvalue weighted by atomic mass is 10.3. The number of hydrogen-bond acceptors (Lipinski definition) is 8. The van der Waals surface area contributed by atoms with Crippen LogP contribution in [-0.4, -0.2) is 44.8 Å². The van der Waals surface area contributed by atoms with E-state index in [9.17, 15) is 13.2 Å². The molecule has 3 aromatic rings. The molecular formula is C21H24N4O5S2. The van der Waals surface area contributed by atoms with Crippen molar-refractivity contribution in [2.24, 2.45) is 0 Å². The van der Waals surface area contributed by atoms with E-state index in [0.29, 0.717) is 28.9 Å². The Hall–Kier alpha value is -3.18. The molecule has 9 nitrogen and oxygen atoms in total. The van der Waals surface area contributed by atoms with E-state index in [-0.39, 0.29) is 17.4 Å². The van der Waals surface area contributed by atoms with Gasteiger partial charge in [0.05, 0.1) is 17.2 Å². The lowest BCUT2D eigenvalue weighted by molar-refractivity contribution is -0.118. The van der Waals surface area contributed by atoms with Crippen molar-refractivity contribution >= 4 is 38.1 Å². The van der Waals surface area contributed by atoms with Crippen molar-refractivity contribution in [3.63, 3.8) is 0 Å². The summed E-state index contributed by atoms with van der Waals surface area (Å²) in [5, 5.41) is 11.7. The molecule has 0 saturated heterocycles. The SMILES string of the molecule is CCOc1ccc(S(=O)(=O)N(C)c2ccc(OCC(=O)Nc3nnc(CC)s3)cc2)cc1. The molecule has 0 aliphatic rings. The minimum absolute atomic E-state index is 0.156. The summed E-state index contributed by atoms with van der Waals surface area (Å²) in [5.41, 5.74) is 0.455. The molecule has 0 spiro atoms. The average molecular weight is 477 g/mol. The number of anilines is 2. The molecule has 32 heavy (non-hydrogen) atoms. The molecule has 1 heterocycles. The third kappa shape index (κ3) is 5.74. The van der Waals surface area contributed by atoms with E-state index in [0.717, 1.165) is 11.4 Å². The summed E-state index contributed by atoms with van der Waals surface area (Å²) >= 11 is 1.31. The molecule has 0 unspecified atom stereocenters. The number of nitrogens with zero attached hydrogens (tertiary/aromatic N) is 3. The van der Waals surface area contributed by atoms with Gasteiger partial charge in [0, 0.05) is 7.05 Å². The first-order valence-corrected chi connectivity index (χ1v) is 12.2. The molecule has 1 amide bonds. The van der Waals surface area contributed by atoms with Gasteiger partial charge in [0.1, 0.15) is 16.5 Å². The zero-order valence-corrected chi connectivity index (χ0v) is 19.6. The van der Waals surface area contributed by atoms with Gasteiger partial charge in [0.25, 0.3) is 15.9 Å². The van der Waals surface area contributed by atoms with Gasteiger partial charge in [0.2, 0.25) is 5.13 Å². The van der Waals surface area contributed by atoms with E-state index >= 15 is 0 Å². The number of hydrogen-bond donors (Lipinski definition) is 1. The number of ether oxygens (including phenoxy) is 2. The first-order chi connectivity index (χ1) is 15.3. The Morgan fingerprint density at radius 1 is 1.00 bits per heavy atom. The molecule has 11 heteroatoms. The predicted octanol–water partition coefficient (Wildman–Crippen LogP) is 3.34. The highest BCUT2D eigenvalue weighted by Gasteiger charge is 2.21. The monoisotopic (exact) mass is 476 g/mol. The van der Waals surface area contributed by atoms with Crippen LogP contribution in [0.15, 0.2) is 53.4 Å². The molecular weight excluding hydrogens is 452 g/mol. The van der Waals surface area contributed by atoms with Gasteiger partial charge in [-0.15, -0.1) is 10.2 Å². The van der Waals surface area contributed by atoms with Crippen molar-refractivity contribution in [1.29, 1.82) is 0 Å². The van der Waals surface area contributed by atoms with Crippen molar-refractivity contribution in [2.75, 3.05) is 29.9 Å². The van der Waals surface area contributed by atoms with Crippen LogP contribution in [0, 0.1) is 0 Å². The van der Waals surface area contributed by atoms with Gasteiger partial charge < -0.3 is 9.47 Å². The van der Waals surface area contributed by atoms with Crippen LogP contribution in [0.25, 0.3) is 0 Å². The van der Waals surface area contributed by atoms with Gasteiger partial charge in [-0.25, -0.2) is 8.42 Å². The lowest BCUT2D eigenvalue weighted by Crippen LogP contribution is -2.26. The highest BCUT2D eigenvalue weighted by Crippen LogP contribution is 2.25. The van der Waals surface area contributed by atoms with E-state index in [2.05, 4.69) is 15.5 Å². The molecule has 0 aliphatic heterocycles. The predicted molar refractivity (Wildman–Crippen MR) is 123 cm³/mol. The fourth-order valence-electron chi connectivity index (χ4n) is 2.67. The maximum absolute atomic E-state index is 12.9. The second-order valence-electron chi connectivity index (χ2n) is 6.56. The normalized spacial score (nSPS) is 11.1. The summed E-state index contributed by atoms with van der Waals surface area (Å²) in [5.74, 6) is 0.682. The van der Waals surface area contributed by atoms with Crippen LogP contribution in [0.3, 0.4) is 0 Å². The average Bonchev–Trinajstić information content (AvgIpc) is 3.25. The largest absolute Gasteiger partial charge is 0.494 e. The summed E-state index contributed by atoms with van der Waals surface area (Å²) in [6, 6.07) is 12.7. The summed E-state index contributed by atoms with van der Waals surface area (Å²) in [6.07, 6.45) is 0.749. The first kappa shape index (κ1) is 23.5. The van der Waals surface area contributed by atoms with Crippen molar-refractivity contribution in [1.82, 2.24) is 10.2 Å². The third-order valence-electron chi connectivity index (χ3n) is 4.38. The van der Waals surface area contributed by atoms with Crippen molar-refractivity contribution in [2.45, 2.75) is 25.2 Å². The van der Waals surface area contributed by atoms with Gasteiger partial charge in [0.15, 0.2) is 6.61 Å². The summed E-state index contributed by atoms with van der Waals surface area (Å²) < 4.78 is 37.8. The van der Waals surface area contributed by atoms with Crippen LogP contribution in [0.4, 0.5) is 10.8 Å². The number of rotatable bonds is 10. The maximum Gasteiger partial charge on any atom is 0.264 e. The minimum atomic E-state index is -3.74. The van der Waals surface area contributed by atoms with E-state index in [1.807, 2.05) is 13.8 Å². The molecule has 0 bridgehead atoms. The zero-order valence-electron chi connectivity index (χ0n) is 17.9. The Kier molecular flexibility index (Phi) is 7.65. The number of aryl methyl sites for hydroxylation is 1. The maximum atomic E-state index is 12.9. The standard InChI is InChI=1S/C21H24N4O5S2/c1-4-20-23-24-21(31-20)22-19(26)14-30-17-8-6-15(7-9-17)25(3)32(27,28)18-12-10-16(11-13-18)29-5-2/h6-13H,4-5,14H2,1-3H3,(H,22,24,26). The fraction of sp³-hybridized carbons (Fsp3) is 0.286. The number of benzene rings is 2. The Morgan fingerprint density at radius 3 is 2.22 bits per heavy atom. The second kappa shape index (κ2) is 10.4. The van der Waals surface area contributed by atoms with Gasteiger partial charge >= 0.3 is 0 Å².